The van der Waals surface area contributed by atoms with Crippen LogP contribution < -0.4 is 15.8 Å². The van der Waals surface area contributed by atoms with E-state index in [2.05, 4.69) is 10.6 Å². The largest absolute Gasteiger partial charge is 0.323 e. The molecule has 0 aliphatic carbocycles. The molecular weight excluding hydrogens is 340 g/mol. The van der Waals surface area contributed by atoms with Crippen LogP contribution in [0, 0.1) is 25.5 Å². The van der Waals surface area contributed by atoms with E-state index in [4.69, 9.17) is 5.14 Å². The molecule has 2 amide bonds. The fourth-order valence-corrected chi connectivity index (χ4v) is 2.61. The molecule has 0 bridgehead atoms. The second-order valence-electron chi connectivity index (χ2n) is 5.16. The quantitative estimate of drug-likeness (QED) is 0.789. The maximum Gasteiger partial charge on any atom is 0.323 e. The lowest BCUT2D eigenvalue weighted by Crippen LogP contribution is -2.21. The number of sulfonamides is 1. The van der Waals surface area contributed by atoms with E-state index in [9.17, 15) is 22.0 Å². The lowest BCUT2D eigenvalue weighted by atomic mass is 10.1. The summed E-state index contributed by atoms with van der Waals surface area (Å²) in [5.41, 5.74) is 1.21. The van der Waals surface area contributed by atoms with Gasteiger partial charge in [0, 0.05) is 11.8 Å². The topological polar surface area (TPSA) is 101 Å². The summed E-state index contributed by atoms with van der Waals surface area (Å²) in [6.07, 6.45) is 0. The van der Waals surface area contributed by atoms with Gasteiger partial charge in [0.15, 0.2) is 0 Å². The Bertz CT molecular complexity index is 914. The molecule has 2 aromatic rings. The van der Waals surface area contributed by atoms with Gasteiger partial charge in [-0.3, -0.25) is 0 Å². The predicted molar refractivity (Wildman–Crippen MR) is 86.3 cm³/mol. The molecule has 0 aromatic heterocycles. The Kier molecular flexibility index (Phi) is 4.86. The van der Waals surface area contributed by atoms with E-state index >= 15 is 0 Å². The number of carbonyl (C=O) groups is 1. The molecule has 2 rings (SSSR count). The Balaban J connectivity index is 2.27. The van der Waals surface area contributed by atoms with Crippen molar-refractivity contribution in [2.24, 2.45) is 5.14 Å². The van der Waals surface area contributed by atoms with Gasteiger partial charge in [-0.2, -0.15) is 0 Å². The Morgan fingerprint density at radius 1 is 1.04 bits per heavy atom. The highest BCUT2D eigenvalue weighted by atomic mass is 32.2. The van der Waals surface area contributed by atoms with Gasteiger partial charge in [0.05, 0.1) is 10.6 Å². The molecule has 0 aliphatic rings. The SMILES string of the molecule is Cc1cc(S(N)(=O)=O)cc(NC(=O)Nc2ccc(F)cc2F)c1C. The molecule has 0 saturated carbocycles. The second kappa shape index (κ2) is 6.54. The average molecular weight is 355 g/mol. The number of urea groups is 1. The van der Waals surface area contributed by atoms with Gasteiger partial charge < -0.3 is 10.6 Å². The summed E-state index contributed by atoms with van der Waals surface area (Å²) in [7, 11) is -3.94. The molecule has 24 heavy (non-hydrogen) atoms. The van der Waals surface area contributed by atoms with Crippen molar-refractivity contribution >= 4 is 27.4 Å². The number of hydrogen-bond acceptors (Lipinski definition) is 3. The summed E-state index contributed by atoms with van der Waals surface area (Å²) >= 11 is 0. The molecule has 0 unspecified atom stereocenters. The highest BCUT2D eigenvalue weighted by molar-refractivity contribution is 7.89. The number of hydrogen-bond donors (Lipinski definition) is 3. The van der Waals surface area contributed by atoms with Gasteiger partial charge >= 0.3 is 6.03 Å². The monoisotopic (exact) mass is 355 g/mol. The summed E-state index contributed by atoms with van der Waals surface area (Å²) < 4.78 is 49.3. The third-order valence-electron chi connectivity index (χ3n) is 3.40. The molecule has 6 nitrogen and oxygen atoms in total. The van der Waals surface area contributed by atoms with E-state index in [0.717, 1.165) is 12.1 Å². The maximum absolute atomic E-state index is 13.5. The summed E-state index contributed by atoms with van der Waals surface area (Å²) in [4.78, 5) is 11.8. The molecule has 2 aromatic carbocycles. The zero-order chi connectivity index (χ0) is 18.1. The first-order chi connectivity index (χ1) is 11.1. The molecule has 0 saturated heterocycles. The smallest absolute Gasteiger partial charge is 0.307 e. The molecule has 9 heteroatoms. The van der Waals surface area contributed by atoms with E-state index in [-0.39, 0.29) is 16.3 Å². The Hall–Kier alpha value is -2.52. The maximum atomic E-state index is 13.5. The molecule has 0 fully saturated rings. The van der Waals surface area contributed by atoms with Gasteiger partial charge in [0.1, 0.15) is 11.6 Å². The van der Waals surface area contributed by atoms with Gasteiger partial charge in [-0.05, 0) is 49.2 Å². The third kappa shape index (κ3) is 4.06. The minimum atomic E-state index is -3.94. The normalized spacial score (nSPS) is 11.2. The lowest BCUT2D eigenvalue weighted by molar-refractivity contribution is 0.262. The summed E-state index contributed by atoms with van der Waals surface area (Å²) in [6.45, 7) is 3.34. The second-order valence-corrected chi connectivity index (χ2v) is 6.72. The summed E-state index contributed by atoms with van der Waals surface area (Å²) in [6, 6.07) is 4.48. The first-order valence-corrected chi connectivity index (χ1v) is 8.29. The van der Waals surface area contributed by atoms with E-state index in [0.29, 0.717) is 17.2 Å². The number of nitrogens with one attached hydrogen (secondary N) is 2. The minimum Gasteiger partial charge on any atom is -0.307 e. The van der Waals surface area contributed by atoms with Crippen molar-refractivity contribution in [2.75, 3.05) is 10.6 Å². The molecule has 0 atom stereocenters. The first-order valence-electron chi connectivity index (χ1n) is 6.75. The number of rotatable bonds is 3. The van der Waals surface area contributed by atoms with Gasteiger partial charge in [0.25, 0.3) is 0 Å². The number of anilines is 2. The van der Waals surface area contributed by atoms with Gasteiger partial charge in [-0.1, -0.05) is 0 Å². The molecule has 0 heterocycles. The van der Waals surface area contributed by atoms with Crippen LogP contribution in [0.15, 0.2) is 35.2 Å². The van der Waals surface area contributed by atoms with Crippen LogP contribution in [0.5, 0.6) is 0 Å². The van der Waals surface area contributed by atoms with Crippen LogP contribution in [-0.4, -0.2) is 14.4 Å². The zero-order valence-electron chi connectivity index (χ0n) is 12.9. The summed E-state index contributed by atoms with van der Waals surface area (Å²) in [5.74, 6) is -1.71. The van der Waals surface area contributed by atoms with Crippen molar-refractivity contribution < 1.29 is 22.0 Å². The van der Waals surface area contributed by atoms with Crippen LogP contribution in [0.4, 0.5) is 25.0 Å². The number of amides is 2. The number of nitrogens with two attached hydrogens (primary N) is 1. The Morgan fingerprint density at radius 3 is 2.25 bits per heavy atom. The van der Waals surface area contributed by atoms with Gasteiger partial charge in [-0.25, -0.2) is 27.1 Å². The molecular formula is C15H15F2N3O3S. The number of halogens is 2. The van der Waals surface area contributed by atoms with Gasteiger partial charge in [0.2, 0.25) is 10.0 Å². The van der Waals surface area contributed by atoms with Crippen LogP contribution in [-0.2, 0) is 10.0 Å². The number of primary sulfonamides is 1. The fraction of sp³-hybridized carbons (Fsp3) is 0.133. The number of benzene rings is 2. The molecule has 4 N–H and O–H groups in total. The van der Waals surface area contributed by atoms with E-state index in [1.165, 1.54) is 12.1 Å². The molecule has 0 spiro atoms. The Morgan fingerprint density at radius 2 is 1.67 bits per heavy atom. The number of carbonyl (C=O) groups excluding carboxylic acids is 1. The first kappa shape index (κ1) is 17.8. The summed E-state index contributed by atoms with van der Waals surface area (Å²) in [5, 5.41) is 9.73. The highest BCUT2D eigenvalue weighted by Gasteiger charge is 2.15. The van der Waals surface area contributed by atoms with Gasteiger partial charge in [-0.15, -0.1) is 0 Å². The number of aryl methyl sites for hydroxylation is 1. The van der Waals surface area contributed by atoms with Crippen molar-refractivity contribution in [1.82, 2.24) is 0 Å². The molecule has 0 aliphatic heterocycles. The Labute approximate surface area is 137 Å². The van der Waals surface area contributed by atoms with E-state index in [1.54, 1.807) is 13.8 Å². The fourth-order valence-electron chi connectivity index (χ4n) is 1.99. The minimum absolute atomic E-state index is 0.158. The van der Waals surface area contributed by atoms with E-state index < -0.39 is 27.7 Å². The van der Waals surface area contributed by atoms with Crippen LogP contribution in [0.1, 0.15) is 11.1 Å². The van der Waals surface area contributed by atoms with Crippen molar-refractivity contribution in [3.05, 3.63) is 53.1 Å². The molecule has 0 radical (unpaired) electrons. The molecule has 128 valence electrons. The zero-order valence-corrected chi connectivity index (χ0v) is 13.7. The van der Waals surface area contributed by atoms with Crippen LogP contribution in [0.2, 0.25) is 0 Å². The van der Waals surface area contributed by atoms with E-state index in [1.807, 2.05) is 0 Å². The average Bonchev–Trinajstić information content (AvgIpc) is 2.45. The third-order valence-corrected chi connectivity index (χ3v) is 4.29. The van der Waals surface area contributed by atoms with Crippen molar-refractivity contribution in [3.8, 4) is 0 Å². The van der Waals surface area contributed by atoms with Crippen LogP contribution in [0.3, 0.4) is 0 Å². The van der Waals surface area contributed by atoms with Crippen LogP contribution in [0.25, 0.3) is 0 Å². The predicted octanol–water partition coefficient (Wildman–Crippen LogP) is 2.87. The standard InChI is InChI=1S/C15H15F2N3O3S/c1-8-5-11(24(18,22)23)7-14(9(8)2)20-15(21)19-13-4-3-10(16)6-12(13)17/h3-7H,1-2H3,(H2,18,22,23)(H2,19,20,21). The van der Waals surface area contributed by atoms with Crippen molar-refractivity contribution in [3.63, 3.8) is 0 Å². The lowest BCUT2D eigenvalue weighted by Gasteiger charge is -2.13. The van der Waals surface area contributed by atoms with Crippen LogP contribution >= 0.6 is 0 Å². The van der Waals surface area contributed by atoms with Crippen molar-refractivity contribution in [2.45, 2.75) is 18.7 Å². The highest BCUT2D eigenvalue weighted by Crippen LogP contribution is 2.24. The van der Waals surface area contributed by atoms with Crippen molar-refractivity contribution in [1.29, 1.82) is 0 Å².